The minimum Gasteiger partial charge on any atom is -0.363 e. The van der Waals surface area contributed by atoms with Gasteiger partial charge in [-0.1, -0.05) is 24.3 Å². The van der Waals surface area contributed by atoms with Crippen molar-refractivity contribution in [1.29, 1.82) is 0 Å². The Morgan fingerprint density at radius 1 is 0.660 bits per heavy atom. The van der Waals surface area contributed by atoms with E-state index in [1.807, 2.05) is 38.1 Å². The molecule has 0 bridgehead atoms. The molecule has 3 aliphatic heterocycles. The fourth-order valence-corrected chi connectivity index (χ4v) is 6.70. The van der Waals surface area contributed by atoms with Crippen LogP contribution in [0.1, 0.15) is 76.8 Å². The lowest BCUT2D eigenvalue weighted by Crippen LogP contribution is -2.34. The number of anilines is 6. The number of hydrogen-bond donors (Lipinski definition) is 6. The highest BCUT2D eigenvalue weighted by Crippen LogP contribution is 2.30. The number of halogens is 1. The second-order valence-electron chi connectivity index (χ2n) is 12.6. The summed E-state index contributed by atoms with van der Waals surface area (Å²) in [7, 11) is 0. The summed E-state index contributed by atoms with van der Waals surface area (Å²) in [5.74, 6) is 1.95. The van der Waals surface area contributed by atoms with Gasteiger partial charge in [0, 0.05) is 67.6 Å². The highest BCUT2D eigenvalue weighted by atomic mass is 35.5. The Bertz CT molecular complexity index is 1670. The van der Waals surface area contributed by atoms with Crippen molar-refractivity contribution in [3.8, 4) is 0 Å². The summed E-state index contributed by atoms with van der Waals surface area (Å²) in [6.45, 7) is 9.71. The van der Waals surface area contributed by atoms with Gasteiger partial charge in [0.05, 0.1) is 0 Å². The zero-order valence-corrected chi connectivity index (χ0v) is 30.4. The molecule has 0 radical (unpaired) electrons. The second-order valence-corrected chi connectivity index (χ2v) is 12.6. The van der Waals surface area contributed by atoms with Gasteiger partial charge >= 0.3 is 0 Å². The van der Waals surface area contributed by atoms with E-state index in [-0.39, 0.29) is 48.6 Å². The summed E-state index contributed by atoms with van der Waals surface area (Å²) >= 11 is 0. The fourth-order valence-electron chi connectivity index (χ4n) is 6.70. The lowest BCUT2D eigenvalue weighted by molar-refractivity contribution is 0.102. The molecule has 0 atom stereocenters. The highest BCUT2D eigenvalue weighted by Gasteiger charge is 2.22. The molecule has 1 amide bonds. The lowest BCUT2D eigenvalue weighted by Gasteiger charge is -2.30. The molecule has 2 fully saturated rings. The van der Waals surface area contributed by atoms with Gasteiger partial charge in [-0.25, -0.2) is 0 Å². The Morgan fingerprint density at radius 2 is 1.22 bits per heavy atom. The average molecular weight is 715 g/mol. The van der Waals surface area contributed by atoms with Crippen LogP contribution in [0.4, 0.5) is 34.9 Å². The summed E-state index contributed by atoms with van der Waals surface area (Å²) in [5.41, 5.74) is 8.12. The van der Waals surface area contributed by atoms with Gasteiger partial charge in [0.15, 0.2) is 0 Å². The Hall–Kier alpha value is -4.53. The van der Waals surface area contributed by atoms with Crippen molar-refractivity contribution in [3.63, 3.8) is 0 Å². The van der Waals surface area contributed by atoms with Crippen LogP contribution in [0.5, 0.6) is 0 Å². The van der Waals surface area contributed by atoms with Gasteiger partial charge in [-0.3, -0.25) is 4.79 Å². The third-order valence-electron chi connectivity index (χ3n) is 9.28. The van der Waals surface area contributed by atoms with Crippen LogP contribution in [-0.2, 0) is 13.1 Å². The molecule has 14 heteroatoms. The molecule has 3 aliphatic rings. The summed E-state index contributed by atoms with van der Waals surface area (Å²) in [6.07, 6.45) is 7.17. The van der Waals surface area contributed by atoms with Crippen LogP contribution in [0.2, 0.25) is 0 Å². The molecular formula is C36H63ClN12O. The average Bonchev–Trinajstić information content (AvgIpc) is 3.51. The number of benzene rings is 3. The van der Waals surface area contributed by atoms with Crippen molar-refractivity contribution < 1.29 is 10.5 Å². The van der Waals surface area contributed by atoms with Crippen molar-refractivity contribution in [3.05, 3.63) is 88.5 Å². The standard InChI is InChI=1S/C36H42N8O.ClH.4H3N.4H2/c1-25-22-30(44-23-27-11-5-6-12-28(27)24-44)14-15-31(25)33(45)38-32-16-13-29(21-26(32)2)37-34-39-35(42-17-7-3-8-18-42)41-36(40-34)43-19-9-4-10-20-43;;;;;;;;;/h5-6,11-16,21-22H,3-4,7-10,17-20,23-24H2,1-2H3,(H,38,45)(H,37,39,40,41);1H;4*1H3;4*1H. The van der Waals surface area contributed by atoms with E-state index in [0.717, 1.165) is 105 Å². The smallest absolute Gasteiger partial charge is 0.255 e. The van der Waals surface area contributed by atoms with Crippen molar-refractivity contribution in [2.24, 2.45) is 0 Å². The number of rotatable bonds is 7. The van der Waals surface area contributed by atoms with Gasteiger partial charge in [0.25, 0.3) is 5.91 Å². The molecule has 4 aromatic rings. The van der Waals surface area contributed by atoms with E-state index in [1.54, 1.807) is 0 Å². The van der Waals surface area contributed by atoms with Crippen LogP contribution in [0.3, 0.4) is 0 Å². The van der Waals surface area contributed by atoms with Crippen LogP contribution >= 0.6 is 12.4 Å². The first-order valence-electron chi connectivity index (χ1n) is 16.4. The molecule has 280 valence electrons. The van der Waals surface area contributed by atoms with E-state index in [4.69, 9.17) is 15.0 Å². The highest BCUT2D eigenvalue weighted by molar-refractivity contribution is 6.06. The molecule has 1 aromatic heterocycles. The van der Waals surface area contributed by atoms with Crippen LogP contribution in [0, 0.1) is 13.8 Å². The van der Waals surface area contributed by atoms with E-state index < -0.39 is 0 Å². The first kappa shape index (κ1) is 41.6. The minimum atomic E-state index is -0.109. The van der Waals surface area contributed by atoms with Gasteiger partial charge < -0.3 is 49.9 Å². The lowest BCUT2D eigenvalue weighted by atomic mass is 10.1. The van der Waals surface area contributed by atoms with Crippen LogP contribution in [0.25, 0.3) is 0 Å². The van der Waals surface area contributed by atoms with E-state index in [2.05, 4.69) is 61.7 Å². The number of piperidine rings is 2. The van der Waals surface area contributed by atoms with Crippen molar-refractivity contribution in [2.45, 2.75) is 65.5 Å². The molecule has 0 aliphatic carbocycles. The normalized spacial score (nSPS) is 14.8. The SMILES string of the molecule is Cc1cc(Nc2nc(N3CCCCC3)nc(N3CCCCC3)n2)ccc1NC(=O)c1ccc(N2Cc3ccccc3C2)cc1C.Cl.N.N.N.N.[HH].[HH].[HH].[HH]. The summed E-state index contributed by atoms with van der Waals surface area (Å²) < 4.78 is 0. The Morgan fingerprint density at radius 3 is 1.74 bits per heavy atom. The number of aryl methyl sites for hydroxylation is 2. The first-order chi connectivity index (χ1) is 22.0. The molecule has 0 spiro atoms. The van der Waals surface area contributed by atoms with Crippen molar-refractivity contribution in [1.82, 2.24) is 39.6 Å². The predicted molar refractivity (Wildman–Crippen MR) is 218 cm³/mol. The topological polar surface area (TPSA) is 230 Å². The quantitative estimate of drug-likeness (QED) is 0.105. The molecule has 14 N–H and O–H groups in total. The molecule has 50 heavy (non-hydrogen) atoms. The van der Waals surface area contributed by atoms with Gasteiger partial charge in [-0.2, -0.15) is 15.0 Å². The number of aromatic nitrogens is 3. The molecule has 0 unspecified atom stereocenters. The fraction of sp³-hybridized carbons (Fsp3) is 0.389. The number of hydrogen-bond acceptors (Lipinski definition) is 12. The molecule has 4 heterocycles. The third kappa shape index (κ3) is 9.17. The van der Waals surface area contributed by atoms with Gasteiger partial charge in [-0.05, 0) is 111 Å². The van der Waals surface area contributed by atoms with Crippen LogP contribution < -0.4 is 49.9 Å². The predicted octanol–water partition coefficient (Wildman–Crippen LogP) is 9.04. The summed E-state index contributed by atoms with van der Waals surface area (Å²) in [6, 6.07) is 20.6. The van der Waals surface area contributed by atoms with E-state index in [9.17, 15) is 4.79 Å². The molecule has 13 nitrogen and oxygen atoms in total. The maximum atomic E-state index is 13.4. The maximum Gasteiger partial charge on any atom is 0.255 e. The largest absolute Gasteiger partial charge is 0.363 e. The molecule has 0 saturated carbocycles. The van der Waals surface area contributed by atoms with Gasteiger partial charge in [0.1, 0.15) is 0 Å². The maximum absolute atomic E-state index is 13.4. The number of fused-ring (bicyclic) bond motifs is 1. The summed E-state index contributed by atoms with van der Waals surface area (Å²) in [5, 5.41) is 6.56. The monoisotopic (exact) mass is 714 g/mol. The number of amides is 1. The van der Waals surface area contributed by atoms with Crippen LogP contribution in [-0.4, -0.2) is 47.0 Å². The number of nitrogens with one attached hydrogen (secondary N) is 2. The molecule has 2 saturated heterocycles. The molecule has 7 rings (SSSR count). The van der Waals surface area contributed by atoms with E-state index in [1.165, 1.54) is 24.0 Å². The Labute approximate surface area is 308 Å². The zero-order valence-electron chi connectivity index (χ0n) is 29.6. The first-order valence-corrected chi connectivity index (χ1v) is 16.4. The molecule has 3 aromatic carbocycles. The molecular weight excluding hydrogens is 652 g/mol. The van der Waals surface area contributed by atoms with Gasteiger partial charge in [-0.15, -0.1) is 12.4 Å². The Kier molecular flexibility index (Phi) is 15.4. The van der Waals surface area contributed by atoms with Crippen molar-refractivity contribution in [2.75, 3.05) is 51.5 Å². The van der Waals surface area contributed by atoms with Gasteiger partial charge in [0.2, 0.25) is 17.8 Å². The minimum absolute atomic E-state index is 0. The number of nitrogens with zero attached hydrogens (tertiary/aromatic N) is 6. The van der Waals surface area contributed by atoms with E-state index in [0.29, 0.717) is 11.5 Å². The van der Waals surface area contributed by atoms with Crippen LogP contribution in [0.15, 0.2) is 60.7 Å². The summed E-state index contributed by atoms with van der Waals surface area (Å²) in [4.78, 5) is 34.9. The van der Waals surface area contributed by atoms with Crippen molar-refractivity contribution >= 4 is 53.2 Å². The zero-order chi connectivity index (χ0) is 30.8. The second kappa shape index (κ2) is 18.5. The third-order valence-corrected chi connectivity index (χ3v) is 9.28. The Balaban J connectivity index is -0.00000289. The number of carbonyl (C=O) groups excluding carboxylic acids is 1. The number of carbonyl (C=O) groups is 1. The van der Waals surface area contributed by atoms with E-state index >= 15 is 0 Å².